The van der Waals surface area contributed by atoms with Crippen LogP contribution in [0, 0.1) is 22.7 Å². The van der Waals surface area contributed by atoms with Gasteiger partial charge in [0.25, 0.3) is 0 Å². The smallest absolute Gasteiger partial charge is 0.325 e. The van der Waals surface area contributed by atoms with Gasteiger partial charge in [-0.2, -0.15) is 0 Å². The van der Waals surface area contributed by atoms with E-state index in [4.69, 9.17) is 39.5 Å². The highest BCUT2D eigenvalue weighted by Gasteiger charge is 2.42. The Labute approximate surface area is 797 Å². The highest BCUT2D eigenvalue weighted by Crippen LogP contribution is 2.18. The Kier molecular flexibility index (Phi) is 50.0. The van der Waals surface area contributed by atoms with E-state index in [2.05, 4.69) is 85.1 Å². The third kappa shape index (κ3) is 41.5. The molecular formula is C90H134N24O24. The molecule has 48 heteroatoms. The van der Waals surface area contributed by atoms with Crippen LogP contribution in [0.2, 0.25) is 0 Å². The van der Waals surface area contributed by atoms with E-state index in [0.29, 0.717) is 22.3 Å². The molecule has 17 amide bonds. The zero-order valence-electron chi connectivity index (χ0n) is 78.2. The van der Waals surface area contributed by atoms with Crippen LogP contribution < -0.4 is 114 Å². The molecule has 0 bridgehead atoms. The van der Waals surface area contributed by atoms with Crippen LogP contribution in [0.5, 0.6) is 0 Å². The van der Waals surface area contributed by atoms with E-state index >= 15 is 24.0 Å². The van der Waals surface area contributed by atoms with Gasteiger partial charge in [-0.3, -0.25) is 97.1 Å². The molecule has 4 aromatic rings. The van der Waals surface area contributed by atoms with Gasteiger partial charge in [0.15, 0.2) is 11.9 Å². The first-order valence-corrected chi connectivity index (χ1v) is 44.7. The number of aliphatic hydroxyl groups excluding tert-OH is 5. The number of hydrogen-bond donors (Lipinski definition) is 29. The summed E-state index contributed by atoms with van der Waals surface area (Å²) in [6.45, 7) is 6.91. The fraction of sp³-hybridized carbons (Fsp3) is 0.511. The molecule has 4 aromatic carbocycles. The molecule has 0 aliphatic rings. The largest absolute Gasteiger partial charge is 0.480 e. The number of nitrogens with zero attached hydrogens (tertiary/aromatic N) is 1. The van der Waals surface area contributed by atoms with Crippen molar-refractivity contribution in [1.82, 2.24) is 90.0 Å². The lowest BCUT2D eigenvalue weighted by Crippen LogP contribution is -2.63. The van der Waals surface area contributed by atoms with Gasteiger partial charge in [0.05, 0.1) is 38.4 Å². The number of amides is 17. The lowest BCUT2D eigenvalue weighted by molar-refractivity contribution is -0.143. The van der Waals surface area contributed by atoms with E-state index in [0.717, 1.165) is 25.7 Å². The first kappa shape index (κ1) is 116. The number of nitrogens with one attached hydrogen (secondary N) is 18. The molecule has 0 aliphatic carbocycles. The fourth-order valence-corrected chi connectivity index (χ4v) is 14.0. The topological polar surface area (TPSA) is 802 Å². The fourth-order valence-electron chi connectivity index (χ4n) is 14.0. The van der Waals surface area contributed by atoms with Crippen LogP contribution in [-0.4, -0.2) is 303 Å². The Balaban J connectivity index is 1.73. The maximum atomic E-state index is 15.6. The van der Waals surface area contributed by atoms with Crippen LogP contribution >= 0.6 is 0 Å². The average molecular weight is 1940 g/mol. The lowest BCUT2D eigenvalue weighted by atomic mass is 9.99. The van der Waals surface area contributed by atoms with Crippen LogP contribution in [0.1, 0.15) is 129 Å². The second kappa shape index (κ2) is 59.5. The normalized spacial score (nSPS) is 15.0. The van der Waals surface area contributed by atoms with Crippen molar-refractivity contribution in [2.75, 3.05) is 40.0 Å². The van der Waals surface area contributed by atoms with Crippen LogP contribution in [0.3, 0.4) is 0 Å². The minimum Gasteiger partial charge on any atom is -0.480 e. The monoisotopic (exact) mass is 1940 g/mol. The Hall–Kier alpha value is -14.4. The molecule has 0 heterocycles. The number of hydrogen-bond acceptors (Lipinski definition) is 26. The van der Waals surface area contributed by atoms with Crippen molar-refractivity contribution in [3.8, 4) is 0 Å². The van der Waals surface area contributed by atoms with Crippen molar-refractivity contribution in [2.24, 2.45) is 40.5 Å². The molecular weight excluding hydrogens is 1800 g/mol. The van der Waals surface area contributed by atoms with Crippen molar-refractivity contribution < 1.29 is 117 Å². The zero-order valence-corrected chi connectivity index (χ0v) is 78.2. The Morgan fingerprint density at radius 2 is 0.638 bits per heavy atom. The number of aliphatic carboxylic acids is 1. The molecule has 138 heavy (non-hydrogen) atoms. The lowest BCUT2D eigenvalue weighted by Gasteiger charge is -2.33. The molecule has 0 saturated carbocycles. The Morgan fingerprint density at radius 3 is 1.01 bits per heavy atom. The van der Waals surface area contributed by atoms with Gasteiger partial charge in [0, 0.05) is 52.2 Å². The van der Waals surface area contributed by atoms with Gasteiger partial charge in [0.1, 0.15) is 96.7 Å². The molecule has 18 atom stereocenters. The second-order valence-electron chi connectivity index (χ2n) is 34.0. The third-order valence-electron chi connectivity index (χ3n) is 21.4. The van der Waals surface area contributed by atoms with Gasteiger partial charge in [-0.25, -0.2) is 0 Å². The summed E-state index contributed by atoms with van der Waals surface area (Å²) in [5, 5.41) is 117. The van der Waals surface area contributed by atoms with Crippen molar-refractivity contribution in [3.63, 3.8) is 0 Å². The first-order valence-electron chi connectivity index (χ1n) is 44.7. The van der Waals surface area contributed by atoms with Crippen molar-refractivity contribution >= 4 is 118 Å². The number of nitrogens with two attached hydrogens (primary N) is 5. The summed E-state index contributed by atoms with van der Waals surface area (Å²) < 4.78 is 0. The molecule has 0 aromatic heterocycles. The van der Waals surface area contributed by atoms with Gasteiger partial charge < -0.3 is 149 Å². The summed E-state index contributed by atoms with van der Waals surface area (Å²) in [6, 6.07) is 5.04. The van der Waals surface area contributed by atoms with Crippen LogP contribution in [-0.2, 0) is 112 Å². The number of carboxylic acid groups (broad SMARTS) is 1. The number of carboxylic acids is 1. The average Bonchev–Trinajstić information content (AvgIpc) is 0.834. The van der Waals surface area contributed by atoms with Crippen molar-refractivity contribution in [1.29, 1.82) is 10.8 Å². The number of aliphatic hydroxyl groups is 5. The molecule has 0 fully saturated rings. The minimum absolute atomic E-state index is 0.00104. The number of guanidine groups is 2. The van der Waals surface area contributed by atoms with Gasteiger partial charge in [-0.1, -0.05) is 149 Å². The van der Waals surface area contributed by atoms with E-state index in [1.165, 1.54) is 7.05 Å². The molecule has 0 unspecified atom stereocenters. The molecule has 0 saturated heterocycles. The number of benzene rings is 4. The van der Waals surface area contributed by atoms with E-state index in [1.807, 2.05) is 0 Å². The maximum absolute atomic E-state index is 15.6. The van der Waals surface area contributed by atoms with Crippen molar-refractivity contribution in [2.45, 2.75) is 241 Å². The molecule has 0 spiro atoms. The minimum atomic E-state index is -2.01. The molecule has 758 valence electrons. The summed E-state index contributed by atoms with van der Waals surface area (Å²) in [6.07, 6.45) is -7.70. The molecule has 34 N–H and O–H groups in total. The van der Waals surface area contributed by atoms with E-state index < -0.39 is 279 Å². The van der Waals surface area contributed by atoms with E-state index in [1.54, 1.807) is 149 Å². The predicted molar refractivity (Wildman–Crippen MR) is 500 cm³/mol. The van der Waals surface area contributed by atoms with Crippen LogP contribution in [0.4, 0.5) is 0 Å². The Morgan fingerprint density at radius 1 is 0.341 bits per heavy atom. The summed E-state index contributed by atoms with van der Waals surface area (Å²) in [4.78, 5) is 254. The number of carbonyl (C=O) groups is 18. The predicted octanol–water partition coefficient (Wildman–Crippen LogP) is -8.50. The highest BCUT2D eigenvalue weighted by molar-refractivity contribution is 6.02. The third-order valence-corrected chi connectivity index (χ3v) is 21.4. The summed E-state index contributed by atoms with van der Waals surface area (Å²) in [5.41, 5.74) is 29.6. The van der Waals surface area contributed by atoms with Gasteiger partial charge in [0.2, 0.25) is 100 Å². The summed E-state index contributed by atoms with van der Waals surface area (Å²) in [7, 11) is 1.24. The quantitative estimate of drug-likeness (QED) is 0.0111. The van der Waals surface area contributed by atoms with E-state index in [-0.39, 0.29) is 76.8 Å². The molecule has 4 rings (SSSR count). The van der Waals surface area contributed by atoms with Gasteiger partial charge >= 0.3 is 5.97 Å². The number of rotatable bonds is 61. The van der Waals surface area contributed by atoms with Crippen LogP contribution in [0.25, 0.3) is 0 Å². The van der Waals surface area contributed by atoms with Gasteiger partial charge in [-0.05, 0) is 99.8 Å². The maximum Gasteiger partial charge on any atom is 0.325 e. The highest BCUT2D eigenvalue weighted by atomic mass is 16.4. The molecule has 0 aliphatic heterocycles. The second-order valence-corrected chi connectivity index (χ2v) is 34.0. The molecule has 48 nitrogen and oxygen atoms in total. The van der Waals surface area contributed by atoms with Gasteiger partial charge in [-0.15, -0.1) is 0 Å². The summed E-state index contributed by atoms with van der Waals surface area (Å²) in [5.74, 6) is -21.8. The first-order chi connectivity index (χ1) is 65.2. The zero-order chi connectivity index (χ0) is 103. The molecule has 0 radical (unpaired) electrons. The number of primary amides is 2. The van der Waals surface area contributed by atoms with Crippen LogP contribution in [0.15, 0.2) is 121 Å². The van der Waals surface area contributed by atoms with E-state index in [9.17, 15) is 93.0 Å². The Bertz CT molecular complexity index is 4760. The number of carbonyl (C=O) groups excluding carboxylic acids is 17. The number of likely N-dealkylation sites (N-methyl/N-ethyl adjacent to an activating group) is 1. The van der Waals surface area contributed by atoms with Crippen molar-refractivity contribution in [3.05, 3.63) is 144 Å². The standard InChI is InChI=1S/C90H134N24O24/c1-47(2)37-59(103-73(122)56(91)44-115)77(126)111-67(46-117)83(132)113-72(51(7)119)86(135)108-62(40-53-25-15-10-16-26-53)79(128)109-65(42-55-29-19-12-20-30-55)87(136)114(8)68(32-22-36-99-90(96)97)84(133)107-60(38-48(3)4)76(125)104-61(39-52-23-13-9-14-24-52)78(127)106-64(43-70(93)121)80(129)101-57(31-21-35-98-89(94)95)75(124)110-66(45-116)82(131)105-63(41-54-27-17-11-18-28-54)81(130)112-71(50(6)118)85(134)102-58(33-34-69(92)120)74(123)100-49(5)88(137)138/h9-20,23-30,47-51,56-68,71-72,115-119H,21-22,31-46,91H2,1-8H3,(H2,92,120)(H2,93,121)(H,100,123)(H,101,129)(H,102,134)(H,103,122)(H,104,125)(H,105,131)(H,106,127)(H,107,133)(H,108,135)(H,109,128)(H,110,124)(H,111,126)(H,112,130)(H,113,132)(H,137,138)(H4,94,95,98)(H4,96,97,99)/t49-,50+,51+,56-,57-,58-,59-,60-,61-,62-,63-,64-,65-,66-,67-,68-,71-,72-/m0/s1. The SMILES string of the molecule is CC(C)C[C@H](NC(=O)[C@@H](N)CO)C(=O)N[C@@H](CO)C(=O)N[C@H](C(=O)N[C@@H](Cc1ccccc1)C(=O)N[C@@H](Cc1ccccc1)C(=O)N(C)[C@@H](CCCNC(=N)N)C(=O)N[C@@H](CC(C)C)C(=O)N[C@@H](Cc1ccccc1)C(=O)N[C@@H](CC(N)=O)C(=O)N[C@@H](CCCNC(=N)N)C(=O)N[C@@H](CO)C(=O)N[C@@H](Cc1ccccc1)C(=O)N[C@H](C(=O)N[C@@H](CCC(N)=O)C(=O)N[C@@H](C)C(=O)O)[C@@H](C)O)[C@@H](C)O. The summed E-state index contributed by atoms with van der Waals surface area (Å²) >= 11 is 0.